The molecular formula is C25H49N3O8. The van der Waals surface area contributed by atoms with E-state index >= 15 is 0 Å². The van der Waals surface area contributed by atoms with Crippen LogP contribution in [0.4, 0.5) is 0 Å². The fraction of sp³-hybridized carbons (Fsp3) is 0.920. The van der Waals surface area contributed by atoms with E-state index in [0.717, 1.165) is 13.2 Å². The Bertz CT molecular complexity index is 522. The van der Waals surface area contributed by atoms with Crippen LogP contribution in [0.1, 0.15) is 45.4 Å². The predicted molar refractivity (Wildman–Crippen MR) is 136 cm³/mol. The summed E-state index contributed by atoms with van der Waals surface area (Å²) >= 11 is 0. The van der Waals surface area contributed by atoms with Crippen LogP contribution < -0.4 is 16.0 Å². The maximum absolute atomic E-state index is 11.7. The molecule has 0 saturated heterocycles. The smallest absolute Gasteiger partial charge is 0.222 e. The zero-order chi connectivity index (χ0) is 25.9. The first-order chi connectivity index (χ1) is 17.7. The molecule has 1 aliphatic carbocycles. The Morgan fingerprint density at radius 1 is 0.583 bits per heavy atom. The Hall–Kier alpha value is -1.34. The molecule has 0 aromatic carbocycles. The van der Waals surface area contributed by atoms with Gasteiger partial charge in [0.25, 0.3) is 0 Å². The van der Waals surface area contributed by atoms with Crippen molar-refractivity contribution in [3.8, 4) is 0 Å². The molecule has 0 aromatic heterocycles. The lowest BCUT2D eigenvalue weighted by Gasteiger charge is -2.22. The van der Waals surface area contributed by atoms with Gasteiger partial charge in [0.15, 0.2) is 0 Å². The van der Waals surface area contributed by atoms with E-state index in [2.05, 4.69) is 16.0 Å². The predicted octanol–water partition coefficient (Wildman–Crippen LogP) is 0.651. The van der Waals surface area contributed by atoms with Crippen LogP contribution in [0, 0.1) is 0 Å². The molecule has 2 amide bonds. The molecule has 0 atom stereocenters. The lowest BCUT2D eigenvalue weighted by atomic mass is 9.96. The molecule has 212 valence electrons. The van der Waals surface area contributed by atoms with Gasteiger partial charge in [-0.05, 0) is 12.8 Å². The van der Waals surface area contributed by atoms with E-state index in [0.29, 0.717) is 98.2 Å². The highest BCUT2D eigenvalue weighted by Gasteiger charge is 2.11. The van der Waals surface area contributed by atoms with E-state index in [1.54, 1.807) is 0 Å². The van der Waals surface area contributed by atoms with Crippen LogP contribution in [-0.4, -0.2) is 117 Å². The topological polar surface area (TPSA) is 126 Å². The Morgan fingerprint density at radius 3 is 1.56 bits per heavy atom. The number of rotatable bonds is 25. The SMILES string of the molecule is CC(=O)NCCOCCOCCNC(=O)CCOCCOCCOCCOCCNC1CCCCC1. The first-order valence-electron chi connectivity index (χ1n) is 13.4. The largest absolute Gasteiger partial charge is 0.379 e. The molecule has 0 heterocycles. The van der Waals surface area contributed by atoms with Crippen LogP contribution >= 0.6 is 0 Å². The molecule has 0 aromatic rings. The van der Waals surface area contributed by atoms with Gasteiger partial charge in [-0.3, -0.25) is 9.59 Å². The second-order valence-electron chi connectivity index (χ2n) is 8.55. The Labute approximate surface area is 216 Å². The van der Waals surface area contributed by atoms with Gasteiger partial charge in [-0.25, -0.2) is 0 Å². The third-order valence-electron chi connectivity index (χ3n) is 5.43. The highest BCUT2D eigenvalue weighted by atomic mass is 16.6. The number of nitrogens with one attached hydrogen (secondary N) is 3. The van der Waals surface area contributed by atoms with Crippen LogP contribution in [0.25, 0.3) is 0 Å². The van der Waals surface area contributed by atoms with Gasteiger partial charge >= 0.3 is 0 Å². The molecular weight excluding hydrogens is 470 g/mol. The summed E-state index contributed by atoms with van der Waals surface area (Å²) in [4.78, 5) is 22.4. The minimum absolute atomic E-state index is 0.0739. The summed E-state index contributed by atoms with van der Waals surface area (Å²) in [6.07, 6.45) is 6.95. The summed E-state index contributed by atoms with van der Waals surface area (Å²) in [6, 6.07) is 0.675. The number of carbonyl (C=O) groups excluding carboxylic acids is 2. The van der Waals surface area contributed by atoms with Crippen molar-refractivity contribution in [2.75, 3.05) is 98.9 Å². The van der Waals surface area contributed by atoms with Crippen molar-refractivity contribution in [3.63, 3.8) is 0 Å². The molecule has 3 N–H and O–H groups in total. The van der Waals surface area contributed by atoms with Gasteiger partial charge < -0.3 is 44.4 Å². The monoisotopic (exact) mass is 519 g/mol. The summed E-state index contributed by atoms with van der Waals surface area (Å²) in [5.41, 5.74) is 0. The minimum Gasteiger partial charge on any atom is -0.379 e. The number of hydrogen-bond donors (Lipinski definition) is 3. The average Bonchev–Trinajstić information content (AvgIpc) is 2.88. The Balaban J connectivity index is 1.69. The van der Waals surface area contributed by atoms with Crippen molar-refractivity contribution in [1.29, 1.82) is 0 Å². The summed E-state index contributed by atoms with van der Waals surface area (Å²) in [6.45, 7) is 9.23. The van der Waals surface area contributed by atoms with Crippen molar-refractivity contribution >= 4 is 11.8 Å². The molecule has 0 bridgehead atoms. The van der Waals surface area contributed by atoms with Crippen molar-refractivity contribution in [1.82, 2.24) is 16.0 Å². The Morgan fingerprint density at radius 2 is 1.03 bits per heavy atom. The lowest BCUT2D eigenvalue weighted by Crippen LogP contribution is -2.33. The van der Waals surface area contributed by atoms with Crippen molar-refractivity contribution in [2.45, 2.75) is 51.5 Å². The molecule has 11 nitrogen and oxygen atoms in total. The van der Waals surface area contributed by atoms with Crippen LogP contribution in [0.2, 0.25) is 0 Å². The first kappa shape index (κ1) is 32.7. The molecule has 1 saturated carbocycles. The fourth-order valence-corrected chi connectivity index (χ4v) is 3.54. The third-order valence-corrected chi connectivity index (χ3v) is 5.43. The van der Waals surface area contributed by atoms with Gasteiger partial charge in [-0.2, -0.15) is 0 Å². The maximum Gasteiger partial charge on any atom is 0.222 e. The fourth-order valence-electron chi connectivity index (χ4n) is 3.54. The van der Waals surface area contributed by atoms with Gasteiger partial charge in [0.2, 0.25) is 11.8 Å². The van der Waals surface area contributed by atoms with Crippen molar-refractivity contribution < 1.29 is 38.0 Å². The number of carbonyl (C=O) groups is 2. The zero-order valence-electron chi connectivity index (χ0n) is 22.2. The zero-order valence-corrected chi connectivity index (χ0v) is 22.2. The highest BCUT2D eigenvalue weighted by Crippen LogP contribution is 2.16. The third kappa shape index (κ3) is 23.1. The van der Waals surface area contributed by atoms with Crippen LogP contribution in [0.5, 0.6) is 0 Å². The normalized spacial score (nSPS) is 14.1. The van der Waals surface area contributed by atoms with Gasteiger partial charge in [-0.1, -0.05) is 19.3 Å². The second-order valence-corrected chi connectivity index (χ2v) is 8.55. The molecule has 0 unspecified atom stereocenters. The molecule has 1 aliphatic rings. The van der Waals surface area contributed by atoms with E-state index < -0.39 is 0 Å². The van der Waals surface area contributed by atoms with E-state index in [1.165, 1.54) is 39.0 Å². The van der Waals surface area contributed by atoms with Gasteiger partial charge in [0.05, 0.1) is 79.3 Å². The summed E-state index contributed by atoms with van der Waals surface area (Å²) in [5, 5.41) is 8.97. The maximum atomic E-state index is 11.7. The lowest BCUT2D eigenvalue weighted by molar-refractivity contribution is -0.122. The van der Waals surface area contributed by atoms with Gasteiger partial charge in [0.1, 0.15) is 0 Å². The molecule has 36 heavy (non-hydrogen) atoms. The molecule has 1 fully saturated rings. The van der Waals surface area contributed by atoms with E-state index in [9.17, 15) is 9.59 Å². The molecule has 0 spiro atoms. The van der Waals surface area contributed by atoms with Crippen molar-refractivity contribution in [2.24, 2.45) is 0 Å². The van der Waals surface area contributed by atoms with Gasteiger partial charge in [0, 0.05) is 39.0 Å². The summed E-state index contributed by atoms with van der Waals surface area (Å²) in [7, 11) is 0. The molecule has 11 heteroatoms. The van der Waals surface area contributed by atoms with Crippen molar-refractivity contribution in [3.05, 3.63) is 0 Å². The van der Waals surface area contributed by atoms with Crippen LogP contribution in [-0.2, 0) is 38.0 Å². The van der Waals surface area contributed by atoms with E-state index in [-0.39, 0.29) is 11.8 Å². The van der Waals surface area contributed by atoms with Crippen LogP contribution in [0.3, 0.4) is 0 Å². The first-order valence-corrected chi connectivity index (χ1v) is 13.4. The molecule has 0 radical (unpaired) electrons. The number of amides is 2. The minimum atomic E-state index is -0.0773. The second kappa shape index (κ2) is 25.3. The van der Waals surface area contributed by atoms with Crippen LogP contribution in [0.15, 0.2) is 0 Å². The standard InChI is InChI=1S/C25H49N3O8/c1-23(29)26-8-12-32-16-17-34-14-10-28-25(30)7-11-31-15-19-35-21-22-36-20-18-33-13-9-27-24-5-3-2-4-6-24/h24,27H,2-22H2,1H3,(H,26,29)(H,28,30). The quantitative estimate of drug-likeness (QED) is 0.149. The summed E-state index contributed by atoms with van der Waals surface area (Å²) < 4.78 is 32.6. The number of ether oxygens (including phenoxy) is 6. The van der Waals surface area contributed by atoms with E-state index in [1.807, 2.05) is 0 Å². The highest BCUT2D eigenvalue weighted by molar-refractivity contribution is 5.75. The Kier molecular flexibility index (Phi) is 23.0. The average molecular weight is 520 g/mol. The summed E-state index contributed by atoms with van der Waals surface area (Å²) in [5.74, 6) is -0.151. The number of hydrogen-bond acceptors (Lipinski definition) is 9. The molecule has 0 aliphatic heterocycles. The van der Waals surface area contributed by atoms with E-state index in [4.69, 9.17) is 28.4 Å². The van der Waals surface area contributed by atoms with Gasteiger partial charge in [-0.15, -0.1) is 0 Å². The molecule has 1 rings (SSSR count).